The molecule has 8 heteroatoms. The molecule has 0 atom stereocenters. The van der Waals surface area contributed by atoms with Crippen LogP contribution in [0.4, 0.5) is 0 Å². The molecule has 0 saturated heterocycles. The van der Waals surface area contributed by atoms with E-state index in [0.29, 0.717) is 29.0 Å². The first-order valence-corrected chi connectivity index (χ1v) is 8.69. The number of hydrogen-bond donors (Lipinski definition) is 0. The minimum absolute atomic E-state index is 0.312. The van der Waals surface area contributed by atoms with Crippen LogP contribution in [0.3, 0.4) is 0 Å². The van der Waals surface area contributed by atoms with Crippen LogP contribution in [-0.2, 0) is 4.74 Å². The summed E-state index contributed by atoms with van der Waals surface area (Å²) in [5.41, 5.74) is 1.81. The first-order chi connectivity index (χ1) is 11.1. The summed E-state index contributed by atoms with van der Waals surface area (Å²) in [6, 6.07) is 3.86. The van der Waals surface area contributed by atoms with E-state index in [-0.39, 0.29) is 0 Å². The second kappa shape index (κ2) is 6.67. The number of aromatic nitrogens is 3. The van der Waals surface area contributed by atoms with E-state index < -0.39 is 5.97 Å². The highest BCUT2D eigenvalue weighted by atomic mass is 79.9. The Labute approximate surface area is 145 Å². The van der Waals surface area contributed by atoms with Gasteiger partial charge in [-0.05, 0) is 41.9 Å². The van der Waals surface area contributed by atoms with Crippen LogP contribution in [0.25, 0.3) is 16.1 Å². The number of fused-ring (bicyclic) bond motifs is 1. The van der Waals surface area contributed by atoms with Crippen LogP contribution in [0.1, 0.15) is 23.5 Å². The van der Waals surface area contributed by atoms with Gasteiger partial charge in [0, 0.05) is 11.8 Å². The van der Waals surface area contributed by atoms with Gasteiger partial charge in [-0.3, -0.25) is 0 Å². The molecule has 0 spiro atoms. The molecule has 0 N–H and O–H groups in total. The minimum atomic E-state index is -0.411. The van der Waals surface area contributed by atoms with E-state index in [1.165, 1.54) is 11.3 Å². The molecule has 120 valence electrons. The van der Waals surface area contributed by atoms with Gasteiger partial charge in [-0.15, -0.1) is 11.3 Å². The lowest BCUT2D eigenvalue weighted by molar-refractivity contribution is 0.0527. The van der Waals surface area contributed by atoms with Gasteiger partial charge in [0.2, 0.25) is 5.88 Å². The molecule has 0 saturated carbocycles. The third-order valence-electron chi connectivity index (χ3n) is 3.06. The summed E-state index contributed by atoms with van der Waals surface area (Å²) < 4.78 is 13.2. The molecule has 6 nitrogen and oxygen atoms in total. The van der Waals surface area contributed by atoms with Gasteiger partial charge >= 0.3 is 5.97 Å². The number of rotatable bonds is 5. The molecule has 3 aromatic heterocycles. The van der Waals surface area contributed by atoms with Crippen LogP contribution in [0.5, 0.6) is 5.88 Å². The van der Waals surface area contributed by atoms with E-state index in [0.717, 1.165) is 15.6 Å². The summed E-state index contributed by atoms with van der Waals surface area (Å²) in [5, 5.41) is 4.91. The Kier molecular flexibility index (Phi) is 4.63. The van der Waals surface area contributed by atoms with Crippen molar-refractivity contribution in [3.63, 3.8) is 0 Å². The fourth-order valence-corrected chi connectivity index (χ4v) is 3.36. The Bertz CT molecular complexity index is 859. The van der Waals surface area contributed by atoms with Gasteiger partial charge in [-0.1, -0.05) is 0 Å². The second-order valence-corrected chi connectivity index (χ2v) is 6.40. The smallest absolute Gasteiger partial charge is 0.354 e. The molecule has 0 amide bonds. The molecule has 0 aliphatic heterocycles. The summed E-state index contributed by atoms with van der Waals surface area (Å²) in [4.78, 5) is 16.9. The maximum atomic E-state index is 12.1. The molecule has 0 aromatic carbocycles. The van der Waals surface area contributed by atoms with Crippen LogP contribution in [0, 0.1) is 0 Å². The number of nitrogens with zero attached hydrogens (tertiary/aromatic N) is 3. The maximum Gasteiger partial charge on any atom is 0.354 e. The third kappa shape index (κ3) is 3.09. The molecule has 0 unspecified atom stereocenters. The van der Waals surface area contributed by atoms with Crippen molar-refractivity contribution in [1.29, 1.82) is 0 Å². The van der Waals surface area contributed by atoms with Crippen molar-refractivity contribution >= 4 is 38.8 Å². The molecule has 0 radical (unpaired) electrons. The molecule has 0 aliphatic rings. The average Bonchev–Trinajstić information content (AvgIpc) is 3.12. The van der Waals surface area contributed by atoms with E-state index in [1.54, 1.807) is 17.6 Å². The molecule has 23 heavy (non-hydrogen) atoms. The highest BCUT2D eigenvalue weighted by Crippen LogP contribution is 2.34. The summed E-state index contributed by atoms with van der Waals surface area (Å²) in [5.74, 6) is -0.0929. The Morgan fingerprint density at radius 1 is 1.39 bits per heavy atom. The zero-order valence-electron chi connectivity index (χ0n) is 12.6. The molecule has 0 aliphatic carbocycles. The van der Waals surface area contributed by atoms with Gasteiger partial charge in [0.25, 0.3) is 0 Å². The number of carbonyl (C=O) groups is 1. The highest BCUT2D eigenvalue weighted by Gasteiger charge is 2.21. The Morgan fingerprint density at radius 2 is 2.22 bits per heavy atom. The van der Waals surface area contributed by atoms with E-state index >= 15 is 0 Å². The summed E-state index contributed by atoms with van der Waals surface area (Å²) >= 11 is 4.72. The van der Waals surface area contributed by atoms with E-state index in [1.807, 2.05) is 25.3 Å². The first kappa shape index (κ1) is 15.9. The molecule has 3 heterocycles. The van der Waals surface area contributed by atoms with E-state index in [2.05, 4.69) is 26.0 Å². The van der Waals surface area contributed by atoms with Gasteiger partial charge in [0.1, 0.15) is 5.01 Å². The van der Waals surface area contributed by atoms with Crippen molar-refractivity contribution in [3.05, 3.63) is 33.9 Å². The summed E-state index contributed by atoms with van der Waals surface area (Å²) in [7, 11) is 0. The van der Waals surface area contributed by atoms with Crippen molar-refractivity contribution in [1.82, 2.24) is 14.6 Å². The van der Waals surface area contributed by atoms with Crippen molar-refractivity contribution in [2.45, 2.75) is 13.8 Å². The lowest BCUT2D eigenvalue weighted by Crippen LogP contribution is -2.05. The lowest BCUT2D eigenvalue weighted by atomic mass is 10.2. The quantitative estimate of drug-likeness (QED) is 0.614. The number of pyridine rings is 1. The standard InChI is InChI=1S/C15H14BrN3O3S/c1-3-21-13-12(15(20)22-4-2)23-14(18-13)9-5-6-19-11(7-9)10(16)8-17-19/h5-8H,3-4H2,1-2H3. The van der Waals surface area contributed by atoms with Gasteiger partial charge in [0.15, 0.2) is 4.88 Å². The zero-order valence-corrected chi connectivity index (χ0v) is 15.0. The van der Waals surface area contributed by atoms with Crippen molar-refractivity contribution in [2.24, 2.45) is 0 Å². The van der Waals surface area contributed by atoms with Crippen molar-refractivity contribution in [3.8, 4) is 16.5 Å². The molecule has 3 aromatic rings. The Balaban J connectivity index is 2.05. The van der Waals surface area contributed by atoms with Crippen molar-refractivity contribution in [2.75, 3.05) is 13.2 Å². The third-order valence-corrected chi connectivity index (χ3v) is 4.74. The van der Waals surface area contributed by atoms with Gasteiger partial charge in [-0.25, -0.2) is 14.3 Å². The molecular weight excluding hydrogens is 382 g/mol. The van der Waals surface area contributed by atoms with Crippen LogP contribution < -0.4 is 4.74 Å². The zero-order chi connectivity index (χ0) is 16.4. The van der Waals surface area contributed by atoms with Crippen LogP contribution in [-0.4, -0.2) is 33.8 Å². The van der Waals surface area contributed by atoms with E-state index in [4.69, 9.17) is 9.47 Å². The average molecular weight is 396 g/mol. The summed E-state index contributed by atoms with van der Waals surface area (Å²) in [6.07, 6.45) is 3.58. The van der Waals surface area contributed by atoms with Gasteiger partial charge < -0.3 is 9.47 Å². The monoisotopic (exact) mass is 395 g/mol. The minimum Gasteiger partial charge on any atom is -0.477 e. The molecule has 0 fully saturated rings. The predicted molar refractivity (Wildman–Crippen MR) is 91.1 cm³/mol. The van der Waals surface area contributed by atoms with Crippen molar-refractivity contribution < 1.29 is 14.3 Å². The fraction of sp³-hybridized carbons (Fsp3) is 0.267. The van der Waals surface area contributed by atoms with E-state index in [9.17, 15) is 4.79 Å². The molecule has 3 rings (SSSR count). The van der Waals surface area contributed by atoms with Crippen LogP contribution in [0.2, 0.25) is 0 Å². The number of ether oxygens (including phenoxy) is 2. The Morgan fingerprint density at radius 3 is 2.96 bits per heavy atom. The number of esters is 1. The SMILES string of the molecule is CCOC(=O)c1sc(-c2ccn3ncc(Br)c3c2)nc1OCC. The fourth-order valence-electron chi connectivity index (χ4n) is 2.07. The normalized spacial score (nSPS) is 10.9. The lowest BCUT2D eigenvalue weighted by Gasteiger charge is -2.01. The molecule has 0 bridgehead atoms. The van der Waals surface area contributed by atoms with Crippen LogP contribution >= 0.6 is 27.3 Å². The van der Waals surface area contributed by atoms with Crippen LogP contribution in [0.15, 0.2) is 29.0 Å². The first-order valence-electron chi connectivity index (χ1n) is 7.08. The largest absolute Gasteiger partial charge is 0.477 e. The number of thiazole rings is 1. The number of carbonyl (C=O) groups excluding carboxylic acids is 1. The maximum absolute atomic E-state index is 12.1. The highest BCUT2D eigenvalue weighted by molar-refractivity contribution is 9.10. The van der Waals surface area contributed by atoms with Gasteiger partial charge in [-0.2, -0.15) is 5.10 Å². The summed E-state index contributed by atoms with van der Waals surface area (Å²) in [6.45, 7) is 4.36. The van der Waals surface area contributed by atoms with Gasteiger partial charge in [0.05, 0.1) is 29.4 Å². The predicted octanol–water partition coefficient (Wildman–Crippen LogP) is 3.80. The number of hydrogen-bond acceptors (Lipinski definition) is 6. The second-order valence-electron chi connectivity index (χ2n) is 4.54. The number of halogens is 1. The molecular formula is C15H14BrN3O3S. The topological polar surface area (TPSA) is 65.7 Å². The Hall–Kier alpha value is -1.93.